The summed E-state index contributed by atoms with van der Waals surface area (Å²) in [6, 6.07) is 0.847. The van der Waals surface area contributed by atoms with Crippen molar-refractivity contribution in [1.82, 2.24) is 10.3 Å². The highest BCUT2D eigenvalue weighted by Crippen LogP contribution is 2.36. The van der Waals surface area contributed by atoms with Gasteiger partial charge in [-0.2, -0.15) is 13.2 Å². The third-order valence-electron chi connectivity index (χ3n) is 3.00. The fraction of sp³-hybridized carbons (Fsp3) is 0.600. The van der Waals surface area contributed by atoms with Crippen molar-refractivity contribution in [2.75, 3.05) is 6.54 Å². The van der Waals surface area contributed by atoms with Gasteiger partial charge in [0.1, 0.15) is 16.9 Å². The number of carbonyl (C=O) groups excluding carboxylic acids is 1. The van der Waals surface area contributed by atoms with Crippen LogP contribution in [0.3, 0.4) is 0 Å². The van der Waals surface area contributed by atoms with Crippen LogP contribution in [0.1, 0.15) is 44.4 Å². The molecule has 0 aliphatic carbocycles. The quantitative estimate of drug-likeness (QED) is 0.679. The maximum Gasteiger partial charge on any atom is 0.418 e. The number of rotatable bonds is 5. The largest absolute Gasteiger partial charge is 0.444 e. The molecule has 0 aliphatic heterocycles. The number of hydrogen-bond acceptors (Lipinski definition) is 5. The molecule has 0 radical (unpaired) electrons. The Morgan fingerprint density at radius 3 is 2.48 bits per heavy atom. The van der Waals surface area contributed by atoms with Crippen LogP contribution in [0.15, 0.2) is 12.3 Å². The average molecular weight is 385 g/mol. The molecule has 0 saturated carbocycles. The van der Waals surface area contributed by atoms with E-state index in [4.69, 9.17) is 16.3 Å². The number of halogens is 4. The zero-order valence-corrected chi connectivity index (χ0v) is 14.6. The number of nitrogens with one attached hydrogen (secondary N) is 1. The van der Waals surface area contributed by atoms with E-state index in [0.717, 1.165) is 6.07 Å². The van der Waals surface area contributed by atoms with E-state index >= 15 is 0 Å². The van der Waals surface area contributed by atoms with E-state index < -0.39 is 41.2 Å². The fourth-order valence-corrected chi connectivity index (χ4v) is 2.09. The van der Waals surface area contributed by atoms with Crippen LogP contribution in [-0.4, -0.2) is 39.5 Å². The lowest BCUT2D eigenvalue weighted by atomic mass is 9.98. The van der Waals surface area contributed by atoms with E-state index in [9.17, 15) is 28.2 Å². The van der Waals surface area contributed by atoms with Crippen molar-refractivity contribution in [2.45, 2.75) is 51.2 Å². The smallest absolute Gasteiger partial charge is 0.418 e. The van der Waals surface area contributed by atoms with Gasteiger partial charge in [-0.1, -0.05) is 11.6 Å². The van der Waals surface area contributed by atoms with Gasteiger partial charge in [0.15, 0.2) is 0 Å². The monoisotopic (exact) mass is 384 g/mol. The molecule has 2 atom stereocenters. The van der Waals surface area contributed by atoms with E-state index in [2.05, 4.69) is 10.3 Å². The van der Waals surface area contributed by atoms with Crippen molar-refractivity contribution >= 4 is 17.7 Å². The number of ether oxygens (including phenoxy) is 1. The summed E-state index contributed by atoms with van der Waals surface area (Å²) >= 11 is 5.58. The number of alkyl carbamates (subject to hydrolysis) is 1. The van der Waals surface area contributed by atoms with Gasteiger partial charge < -0.3 is 20.3 Å². The van der Waals surface area contributed by atoms with E-state index in [1.165, 1.54) is 0 Å². The number of aliphatic hydroxyl groups excluding tert-OH is 2. The van der Waals surface area contributed by atoms with Crippen LogP contribution in [0.5, 0.6) is 0 Å². The van der Waals surface area contributed by atoms with Crippen LogP contribution in [0, 0.1) is 0 Å². The molecule has 1 aromatic rings. The predicted octanol–water partition coefficient (Wildman–Crippen LogP) is 3.06. The summed E-state index contributed by atoms with van der Waals surface area (Å²) in [5.74, 6) is 0. The first-order valence-electron chi connectivity index (χ1n) is 7.37. The van der Waals surface area contributed by atoms with Crippen molar-refractivity contribution in [2.24, 2.45) is 0 Å². The minimum atomic E-state index is -4.76. The van der Waals surface area contributed by atoms with Gasteiger partial charge in [-0.25, -0.2) is 9.78 Å². The summed E-state index contributed by atoms with van der Waals surface area (Å²) in [7, 11) is 0. The molecular weight excluding hydrogens is 365 g/mol. The second kappa shape index (κ2) is 8.20. The molecule has 3 N–H and O–H groups in total. The Hall–Kier alpha value is -1.58. The molecule has 1 heterocycles. The predicted molar refractivity (Wildman–Crippen MR) is 84.1 cm³/mol. The number of pyridine rings is 1. The molecule has 0 aliphatic rings. The lowest BCUT2D eigenvalue weighted by Gasteiger charge is -2.23. The first-order chi connectivity index (χ1) is 11.3. The van der Waals surface area contributed by atoms with Crippen LogP contribution >= 0.6 is 11.6 Å². The van der Waals surface area contributed by atoms with Gasteiger partial charge in [0.25, 0.3) is 0 Å². The number of amides is 1. The molecule has 0 aromatic carbocycles. The minimum Gasteiger partial charge on any atom is -0.444 e. The molecule has 0 bridgehead atoms. The zero-order valence-electron chi connectivity index (χ0n) is 13.9. The summed E-state index contributed by atoms with van der Waals surface area (Å²) in [5, 5.41) is 22.0. The van der Waals surface area contributed by atoms with Gasteiger partial charge in [-0.3, -0.25) is 0 Å². The summed E-state index contributed by atoms with van der Waals surface area (Å²) in [6.07, 6.45) is -8.61. The molecule has 1 amide bonds. The highest BCUT2D eigenvalue weighted by Gasteiger charge is 2.37. The molecule has 2 unspecified atom stereocenters. The molecule has 0 saturated heterocycles. The van der Waals surface area contributed by atoms with Crippen molar-refractivity contribution in [3.05, 3.63) is 28.5 Å². The van der Waals surface area contributed by atoms with Crippen molar-refractivity contribution in [1.29, 1.82) is 0 Å². The summed E-state index contributed by atoms with van der Waals surface area (Å²) in [5.41, 5.74) is -2.49. The Kier molecular flexibility index (Phi) is 7.04. The Bertz CT molecular complexity index is 605. The SMILES string of the molecule is CC(C)(C)OC(=O)NCCC(O)C(O)c1cc(Cl)ncc1C(F)(F)F. The van der Waals surface area contributed by atoms with Crippen molar-refractivity contribution in [3.63, 3.8) is 0 Å². The molecule has 25 heavy (non-hydrogen) atoms. The highest BCUT2D eigenvalue weighted by atomic mass is 35.5. The number of aliphatic hydroxyl groups is 2. The van der Waals surface area contributed by atoms with Gasteiger partial charge in [-0.15, -0.1) is 0 Å². The fourth-order valence-electron chi connectivity index (χ4n) is 1.93. The standard InChI is InChI=1S/C15H20ClF3N2O4/c1-14(2,3)25-13(24)20-5-4-10(22)12(23)8-6-11(16)21-7-9(8)15(17,18)19/h6-7,10,12,22-23H,4-5H2,1-3H3,(H,20,24). The van der Waals surface area contributed by atoms with Crippen LogP contribution in [0.25, 0.3) is 0 Å². The first kappa shape index (κ1) is 21.5. The first-order valence-corrected chi connectivity index (χ1v) is 7.74. The summed E-state index contributed by atoms with van der Waals surface area (Å²) in [4.78, 5) is 14.8. The molecule has 10 heteroatoms. The van der Waals surface area contributed by atoms with Crippen molar-refractivity contribution in [3.8, 4) is 0 Å². The number of nitrogens with zero attached hydrogens (tertiary/aromatic N) is 1. The second-order valence-corrected chi connectivity index (χ2v) is 6.71. The third kappa shape index (κ3) is 7.05. The van der Waals surface area contributed by atoms with E-state index in [1.807, 2.05) is 0 Å². The lowest BCUT2D eigenvalue weighted by Crippen LogP contribution is -2.35. The van der Waals surface area contributed by atoms with E-state index in [-0.39, 0.29) is 18.1 Å². The molecule has 1 rings (SSSR count). The normalized spacial score (nSPS) is 14.8. The number of alkyl halides is 3. The molecular formula is C15H20ClF3N2O4. The molecule has 142 valence electrons. The number of aromatic nitrogens is 1. The Balaban J connectivity index is 2.73. The maximum absolute atomic E-state index is 13.0. The van der Waals surface area contributed by atoms with Crippen molar-refractivity contribution < 1.29 is 32.9 Å². The lowest BCUT2D eigenvalue weighted by molar-refractivity contribution is -0.140. The van der Waals surface area contributed by atoms with Crippen LogP contribution in [0.4, 0.5) is 18.0 Å². The topological polar surface area (TPSA) is 91.7 Å². The van der Waals surface area contributed by atoms with Crippen LogP contribution < -0.4 is 5.32 Å². The van der Waals surface area contributed by atoms with Gasteiger partial charge in [0, 0.05) is 12.7 Å². The average Bonchev–Trinajstić information content (AvgIpc) is 2.42. The van der Waals surface area contributed by atoms with Gasteiger partial charge in [0.2, 0.25) is 0 Å². The highest BCUT2D eigenvalue weighted by molar-refractivity contribution is 6.29. The molecule has 0 fully saturated rings. The second-order valence-electron chi connectivity index (χ2n) is 6.32. The minimum absolute atomic E-state index is 0.104. The van der Waals surface area contributed by atoms with E-state index in [1.54, 1.807) is 20.8 Å². The number of hydrogen-bond donors (Lipinski definition) is 3. The van der Waals surface area contributed by atoms with Gasteiger partial charge >= 0.3 is 12.3 Å². The molecule has 6 nitrogen and oxygen atoms in total. The molecule has 0 spiro atoms. The zero-order chi connectivity index (χ0) is 19.4. The van der Waals surface area contributed by atoms with Gasteiger partial charge in [0.05, 0.1) is 11.7 Å². The summed E-state index contributed by atoms with van der Waals surface area (Å²) < 4.78 is 43.9. The maximum atomic E-state index is 13.0. The van der Waals surface area contributed by atoms with Crippen LogP contribution in [0.2, 0.25) is 5.15 Å². The van der Waals surface area contributed by atoms with E-state index in [0.29, 0.717) is 6.20 Å². The number of carbonyl (C=O) groups is 1. The molecule has 1 aromatic heterocycles. The van der Waals surface area contributed by atoms with Crippen LogP contribution in [-0.2, 0) is 10.9 Å². The van der Waals surface area contributed by atoms with Gasteiger partial charge in [-0.05, 0) is 38.8 Å². The third-order valence-corrected chi connectivity index (χ3v) is 3.21. The Labute approximate surface area is 148 Å². The Morgan fingerprint density at radius 1 is 1.36 bits per heavy atom. The summed E-state index contributed by atoms with van der Waals surface area (Å²) in [6.45, 7) is 4.89. The Morgan fingerprint density at radius 2 is 1.96 bits per heavy atom.